The lowest BCUT2D eigenvalue weighted by atomic mass is 10.0. The minimum Gasteiger partial charge on any atom is -0.436 e. The van der Waals surface area contributed by atoms with Gasteiger partial charge in [0.1, 0.15) is 5.82 Å². The number of benzene rings is 3. The molecule has 8 nitrogen and oxygen atoms in total. The Balaban J connectivity index is 1.43. The number of carbonyl (C=O) groups excluding carboxylic acids is 2. The molecule has 176 valence electrons. The Morgan fingerprint density at radius 3 is 2.54 bits per heavy atom. The molecule has 2 amide bonds. The monoisotopic (exact) mass is 491 g/mol. The summed E-state index contributed by atoms with van der Waals surface area (Å²) < 4.78 is 47.8. The Hall–Kier alpha value is -4.31. The number of amides is 2. The van der Waals surface area contributed by atoms with Crippen LogP contribution in [0.1, 0.15) is 22.3 Å². The summed E-state index contributed by atoms with van der Waals surface area (Å²) in [6.45, 7) is 0. The second kappa shape index (κ2) is 8.80. The van der Waals surface area contributed by atoms with Gasteiger partial charge in [-0.3, -0.25) is 9.59 Å². The summed E-state index contributed by atoms with van der Waals surface area (Å²) in [5.74, 6) is -1.30. The summed E-state index contributed by atoms with van der Waals surface area (Å²) in [6, 6.07) is 16.5. The number of carbonyl (C=O) groups is 2. The van der Waals surface area contributed by atoms with Crippen LogP contribution in [0.4, 0.5) is 10.1 Å². The Labute approximate surface area is 199 Å². The van der Waals surface area contributed by atoms with Crippen molar-refractivity contribution in [1.29, 1.82) is 0 Å². The summed E-state index contributed by atoms with van der Waals surface area (Å²) in [6.07, 6.45) is 1.99. The van der Waals surface area contributed by atoms with Gasteiger partial charge in [-0.2, -0.15) is 0 Å². The number of nitrogens with zero attached hydrogens (tertiary/aromatic N) is 1. The Morgan fingerprint density at radius 2 is 1.74 bits per heavy atom. The minimum atomic E-state index is -4.21. The lowest BCUT2D eigenvalue weighted by Crippen LogP contribution is -2.31. The van der Waals surface area contributed by atoms with E-state index in [0.29, 0.717) is 17.7 Å². The van der Waals surface area contributed by atoms with Gasteiger partial charge >= 0.3 is 0 Å². The maximum Gasteiger partial charge on any atom is 0.265 e. The van der Waals surface area contributed by atoms with E-state index in [-0.39, 0.29) is 45.6 Å². The summed E-state index contributed by atoms with van der Waals surface area (Å²) in [5.41, 5.74) is 1.69. The van der Waals surface area contributed by atoms with Crippen molar-refractivity contribution < 1.29 is 26.8 Å². The molecule has 0 saturated heterocycles. The van der Waals surface area contributed by atoms with Crippen molar-refractivity contribution in [2.75, 3.05) is 5.32 Å². The van der Waals surface area contributed by atoms with Crippen LogP contribution in [-0.2, 0) is 21.2 Å². The molecule has 1 aliphatic rings. The predicted octanol–water partition coefficient (Wildman–Crippen LogP) is 4.15. The first kappa shape index (κ1) is 22.5. The van der Waals surface area contributed by atoms with Gasteiger partial charge in [0.2, 0.25) is 11.8 Å². The van der Waals surface area contributed by atoms with E-state index in [2.05, 4.69) is 15.0 Å². The number of aryl methyl sites for hydroxylation is 1. The quantitative estimate of drug-likeness (QED) is 0.433. The molecule has 0 aliphatic carbocycles. The highest BCUT2D eigenvalue weighted by Gasteiger charge is 2.25. The van der Waals surface area contributed by atoms with Crippen molar-refractivity contribution >= 4 is 27.5 Å². The second-order valence-electron chi connectivity index (χ2n) is 7.86. The highest BCUT2D eigenvalue weighted by molar-refractivity contribution is 7.90. The van der Waals surface area contributed by atoms with Gasteiger partial charge in [0.25, 0.3) is 15.9 Å². The highest BCUT2D eigenvalue weighted by atomic mass is 32.2. The molecular formula is C25H18FN3O5S. The topological polar surface area (TPSA) is 118 Å². The fraction of sp³-hybridized carbons (Fsp3) is 0.0800. The van der Waals surface area contributed by atoms with E-state index < -0.39 is 21.7 Å². The highest BCUT2D eigenvalue weighted by Crippen LogP contribution is 2.30. The zero-order valence-electron chi connectivity index (χ0n) is 18.1. The molecule has 10 heteroatoms. The van der Waals surface area contributed by atoms with Crippen molar-refractivity contribution in [2.45, 2.75) is 17.7 Å². The van der Waals surface area contributed by atoms with E-state index in [9.17, 15) is 22.4 Å². The standard InChI is InChI=1S/C25H18FN3O5S/c26-20-8-4-3-7-19(20)22-14-27-25(34-22)18-6-2-1-5-17(18)24(31)29-35(32,33)16-10-11-21-15(13-16)9-12-23(30)28-21/h1-8,10-11,13-14H,9,12H2,(H,28,30)(H,29,31). The van der Waals surface area contributed by atoms with Crippen LogP contribution in [0.3, 0.4) is 0 Å². The number of sulfonamides is 1. The molecule has 2 N–H and O–H groups in total. The van der Waals surface area contributed by atoms with Gasteiger partial charge < -0.3 is 9.73 Å². The van der Waals surface area contributed by atoms with Crippen LogP contribution in [0, 0.1) is 5.82 Å². The number of hydrogen-bond acceptors (Lipinski definition) is 6. The average Bonchev–Trinajstić information content (AvgIpc) is 3.33. The summed E-state index contributed by atoms with van der Waals surface area (Å²) >= 11 is 0. The van der Waals surface area contributed by atoms with Crippen LogP contribution in [-0.4, -0.2) is 25.2 Å². The van der Waals surface area contributed by atoms with E-state index in [0.717, 1.165) is 0 Å². The number of fused-ring (bicyclic) bond motifs is 1. The number of rotatable bonds is 5. The first-order valence-electron chi connectivity index (χ1n) is 10.6. The van der Waals surface area contributed by atoms with Crippen LogP contribution in [0.5, 0.6) is 0 Å². The molecule has 0 radical (unpaired) electrons. The first-order chi connectivity index (χ1) is 16.8. The molecule has 5 rings (SSSR count). The summed E-state index contributed by atoms with van der Waals surface area (Å²) in [5, 5.41) is 2.69. The molecule has 3 aromatic carbocycles. The normalized spacial score (nSPS) is 13.1. The zero-order valence-corrected chi connectivity index (χ0v) is 18.9. The number of hydrogen-bond donors (Lipinski definition) is 2. The molecule has 0 bridgehead atoms. The zero-order chi connectivity index (χ0) is 24.6. The van der Waals surface area contributed by atoms with Crippen LogP contribution >= 0.6 is 0 Å². The van der Waals surface area contributed by atoms with Crippen molar-refractivity contribution in [3.05, 3.63) is 89.9 Å². The predicted molar refractivity (Wildman–Crippen MR) is 125 cm³/mol. The minimum absolute atomic E-state index is 0.0169. The molecule has 1 aliphatic heterocycles. The third kappa shape index (κ3) is 4.43. The number of oxazole rings is 1. The van der Waals surface area contributed by atoms with E-state index in [1.54, 1.807) is 30.3 Å². The Bertz CT molecular complexity index is 1580. The van der Waals surface area contributed by atoms with Gasteiger partial charge in [-0.05, 0) is 54.4 Å². The first-order valence-corrected chi connectivity index (χ1v) is 12.1. The molecule has 4 aromatic rings. The van der Waals surface area contributed by atoms with Gasteiger partial charge in [-0.1, -0.05) is 24.3 Å². The van der Waals surface area contributed by atoms with Gasteiger partial charge in [0, 0.05) is 17.7 Å². The van der Waals surface area contributed by atoms with Crippen molar-refractivity contribution in [1.82, 2.24) is 9.71 Å². The lowest BCUT2D eigenvalue weighted by molar-refractivity contribution is -0.116. The van der Waals surface area contributed by atoms with Crippen LogP contribution < -0.4 is 10.0 Å². The maximum atomic E-state index is 14.1. The summed E-state index contributed by atoms with van der Waals surface area (Å²) in [7, 11) is -4.21. The van der Waals surface area contributed by atoms with Gasteiger partial charge in [-0.15, -0.1) is 0 Å². The number of anilines is 1. The lowest BCUT2D eigenvalue weighted by Gasteiger charge is -2.17. The molecule has 2 heterocycles. The van der Waals surface area contributed by atoms with E-state index >= 15 is 0 Å². The van der Waals surface area contributed by atoms with Crippen molar-refractivity contribution in [2.24, 2.45) is 0 Å². The van der Waals surface area contributed by atoms with Crippen LogP contribution in [0.15, 0.2) is 82.2 Å². The third-order valence-corrected chi connectivity index (χ3v) is 6.89. The van der Waals surface area contributed by atoms with Crippen molar-refractivity contribution in [3.63, 3.8) is 0 Å². The Morgan fingerprint density at radius 1 is 1.00 bits per heavy atom. The molecule has 0 fully saturated rings. The van der Waals surface area contributed by atoms with Crippen molar-refractivity contribution in [3.8, 4) is 22.8 Å². The van der Waals surface area contributed by atoms with Gasteiger partial charge in [-0.25, -0.2) is 22.5 Å². The second-order valence-corrected chi connectivity index (χ2v) is 9.54. The van der Waals surface area contributed by atoms with E-state index in [1.807, 2.05) is 0 Å². The summed E-state index contributed by atoms with van der Waals surface area (Å²) in [4.78, 5) is 28.6. The molecule has 35 heavy (non-hydrogen) atoms. The molecular weight excluding hydrogens is 473 g/mol. The molecule has 0 saturated carbocycles. The maximum absolute atomic E-state index is 14.1. The fourth-order valence-corrected chi connectivity index (χ4v) is 4.83. The molecule has 1 aromatic heterocycles. The van der Waals surface area contributed by atoms with Crippen LogP contribution in [0.25, 0.3) is 22.8 Å². The fourth-order valence-electron chi connectivity index (χ4n) is 3.81. The Kier molecular flexibility index (Phi) is 5.65. The molecule has 0 atom stereocenters. The van der Waals surface area contributed by atoms with Crippen LogP contribution in [0.2, 0.25) is 0 Å². The van der Waals surface area contributed by atoms with E-state index in [1.165, 1.54) is 42.6 Å². The average molecular weight is 492 g/mol. The SMILES string of the molecule is O=C1CCc2cc(S(=O)(=O)NC(=O)c3ccccc3-c3ncc(-c4ccccc4F)o3)ccc2N1. The smallest absolute Gasteiger partial charge is 0.265 e. The number of halogens is 1. The third-order valence-electron chi connectivity index (χ3n) is 5.56. The number of nitrogens with one attached hydrogen (secondary N) is 2. The van der Waals surface area contributed by atoms with Gasteiger partial charge in [0.05, 0.1) is 22.2 Å². The molecule has 0 unspecified atom stereocenters. The largest absolute Gasteiger partial charge is 0.436 e. The molecule has 0 spiro atoms. The number of aromatic nitrogens is 1. The van der Waals surface area contributed by atoms with E-state index in [4.69, 9.17) is 4.42 Å². The van der Waals surface area contributed by atoms with Gasteiger partial charge in [0.15, 0.2) is 5.76 Å².